The summed E-state index contributed by atoms with van der Waals surface area (Å²) in [5.41, 5.74) is 0. The van der Waals surface area contributed by atoms with Crippen molar-refractivity contribution in [2.24, 2.45) is 5.92 Å². The van der Waals surface area contributed by atoms with E-state index >= 15 is 0 Å². The summed E-state index contributed by atoms with van der Waals surface area (Å²) in [4.78, 5) is 3.28. The summed E-state index contributed by atoms with van der Waals surface area (Å²) in [5, 5.41) is 0. The maximum Gasteiger partial charge on any atom is 0.0478 e. The maximum atomic E-state index is 5.34. The van der Waals surface area contributed by atoms with E-state index < -0.39 is 0 Å². The van der Waals surface area contributed by atoms with E-state index in [9.17, 15) is 0 Å². The second kappa shape index (κ2) is 6.81. The van der Waals surface area contributed by atoms with Gasteiger partial charge in [-0.1, -0.05) is 22.9 Å². The van der Waals surface area contributed by atoms with Gasteiger partial charge in [-0.15, -0.1) is 0 Å². The van der Waals surface area contributed by atoms with Crippen molar-refractivity contribution < 1.29 is 4.74 Å². The van der Waals surface area contributed by atoms with E-state index in [1.165, 1.54) is 32.5 Å². The zero-order valence-corrected chi connectivity index (χ0v) is 10.9. The first kappa shape index (κ1) is 12.5. The fourth-order valence-electron chi connectivity index (χ4n) is 1.94. The van der Waals surface area contributed by atoms with E-state index in [0.29, 0.717) is 0 Å². The predicted molar refractivity (Wildman–Crippen MR) is 64.0 cm³/mol. The average molecular weight is 264 g/mol. The molecule has 0 aromatic heterocycles. The zero-order chi connectivity index (χ0) is 10.4. The maximum absolute atomic E-state index is 5.34. The van der Waals surface area contributed by atoms with Crippen LogP contribution in [0.3, 0.4) is 0 Å². The van der Waals surface area contributed by atoms with Crippen molar-refractivity contribution in [1.29, 1.82) is 0 Å². The predicted octanol–water partition coefficient (Wildman–Crippen LogP) is 2.52. The van der Waals surface area contributed by atoms with E-state index in [0.717, 1.165) is 24.0 Å². The van der Waals surface area contributed by atoms with Crippen LogP contribution >= 0.6 is 15.9 Å². The molecule has 2 unspecified atom stereocenters. The highest BCUT2D eigenvalue weighted by Crippen LogP contribution is 2.23. The lowest BCUT2D eigenvalue weighted by Crippen LogP contribution is -2.40. The first-order chi connectivity index (χ1) is 6.74. The van der Waals surface area contributed by atoms with Crippen LogP contribution in [0.5, 0.6) is 0 Å². The molecule has 0 bridgehead atoms. The molecule has 1 saturated heterocycles. The van der Waals surface area contributed by atoms with Gasteiger partial charge in [0.2, 0.25) is 0 Å². The molecule has 0 aromatic carbocycles. The van der Waals surface area contributed by atoms with Crippen LogP contribution in [0.15, 0.2) is 0 Å². The molecular weight excluding hydrogens is 242 g/mol. The highest BCUT2D eigenvalue weighted by Gasteiger charge is 2.23. The molecule has 0 radical (unpaired) electrons. The Morgan fingerprint density at radius 2 is 2.29 bits per heavy atom. The van der Waals surface area contributed by atoms with E-state index in [1.54, 1.807) is 0 Å². The van der Waals surface area contributed by atoms with Crippen LogP contribution in [0.2, 0.25) is 0 Å². The molecule has 0 saturated carbocycles. The minimum Gasteiger partial charge on any atom is -0.382 e. The number of hydrogen-bond donors (Lipinski definition) is 0. The van der Waals surface area contributed by atoms with Gasteiger partial charge < -0.3 is 9.64 Å². The largest absolute Gasteiger partial charge is 0.382 e. The van der Waals surface area contributed by atoms with Crippen molar-refractivity contribution >= 4 is 15.9 Å². The molecule has 0 amide bonds. The summed E-state index contributed by atoms with van der Waals surface area (Å²) in [6, 6.07) is 0. The van der Waals surface area contributed by atoms with Crippen LogP contribution in [-0.2, 0) is 4.74 Å². The fraction of sp³-hybridized carbons (Fsp3) is 1.00. The summed E-state index contributed by atoms with van der Waals surface area (Å²) in [6.45, 7) is 9.82. The molecule has 1 fully saturated rings. The van der Waals surface area contributed by atoms with Gasteiger partial charge in [0.25, 0.3) is 0 Å². The first-order valence-electron chi connectivity index (χ1n) is 5.68. The van der Waals surface area contributed by atoms with Crippen molar-refractivity contribution in [2.75, 3.05) is 32.8 Å². The lowest BCUT2D eigenvalue weighted by molar-refractivity contribution is 0.121. The smallest absolute Gasteiger partial charge is 0.0478 e. The Bertz CT molecular complexity index is 154. The minimum atomic E-state index is 0.727. The van der Waals surface area contributed by atoms with Crippen molar-refractivity contribution in [2.45, 2.75) is 31.5 Å². The summed E-state index contributed by atoms with van der Waals surface area (Å²) in [7, 11) is 0. The summed E-state index contributed by atoms with van der Waals surface area (Å²) in [5.74, 6) is 0.788. The Kier molecular flexibility index (Phi) is 6.06. The second-order valence-electron chi connectivity index (χ2n) is 4.13. The number of piperidine rings is 1. The monoisotopic (exact) mass is 263 g/mol. The van der Waals surface area contributed by atoms with Gasteiger partial charge in [0.15, 0.2) is 0 Å². The number of likely N-dealkylation sites (tertiary alicyclic amines) is 1. The van der Waals surface area contributed by atoms with E-state index in [4.69, 9.17) is 4.74 Å². The molecule has 2 atom stereocenters. The average Bonchev–Trinajstić information content (AvgIpc) is 2.18. The van der Waals surface area contributed by atoms with Crippen LogP contribution in [0.25, 0.3) is 0 Å². The molecule has 0 aliphatic carbocycles. The number of alkyl halides is 1. The zero-order valence-electron chi connectivity index (χ0n) is 9.34. The molecule has 1 aliphatic rings. The van der Waals surface area contributed by atoms with Crippen molar-refractivity contribution in [3.05, 3.63) is 0 Å². The minimum absolute atomic E-state index is 0.727. The SMILES string of the molecule is CCOCCCN1CCC(Br)C(C)C1. The summed E-state index contributed by atoms with van der Waals surface area (Å²) in [6.07, 6.45) is 2.46. The summed E-state index contributed by atoms with van der Waals surface area (Å²) >= 11 is 3.72. The van der Waals surface area contributed by atoms with Crippen LogP contribution in [0.1, 0.15) is 26.7 Å². The fourth-order valence-corrected chi connectivity index (χ4v) is 2.31. The van der Waals surface area contributed by atoms with Gasteiger partial charge in [-0.2, -0.15) is 0 Å². The van der Waals surface area contributed by atoms with Crippen LogP contribution in [0, 0.1) is 5.92 Å². The third-order valence-corrected chi connectivity index (χ3v) is 4.21. The van der Waals surface area contributed by atoms with Crippen LogP contribution < -0.4 is 0 Å². The Morgan fingerprint density at radius 3 is 2.93 bits per heavy atom. The van der Waals surface area contributed by atoms with Gasteiger partial charge in [-0.25, -0.2) is 0 Å². The van der Waals surface area contributed by atoms with Gasteiger partial charge in [0, 0.05) is 31.1 Å². The number of rotatable bonds is 5. The van der Waals surface area contributed by atoms with E-state index in [1.807, 2.05) is 0 Å². The van der Waals surface area contributed by atoms with Crippen molar-refractivity contribution in [1.82, 2.24) is 4.90 Å². The van der Waals surface area contributed by atoms with Gasteiger partial charge in [0.1, 0.15) is 0 Å². The van der Waals surface area contributed by atoms with Crippen molar-refractivity contribution in [3.63, 3.8) is 0 Å². The molecule has 14 heavy (non-hydrogen) atoms. The highest BCUT2D eigenvalue weighted by atomic mass is 79.9. The number of hydrogen-bond acceptors (Lipinski definition) is 2. The molecule has 3 heteroatoms. The molecular formula is C11H22BrNO. The second-order valence-corrected chi connectivity index (χ2v) is 5.31. The molecule has 1 aliphatic heterocycles. The molecule has 0 aromatic rings. The number of halogens is 1. The Morgan fingerprint density at radius 1 is 1.50 bits per heavy atom. The standard InChI is InChI=1S/C11H22BrNO/c1-3-14-8-4-6-13-7-5-11(12)10(2)9-13/h10-11H,3-9H2,1-2H3. The molecule has 1 rings (SSSR count). The molecule has 84 valence electrons. The van der Waals surface area contributed by atoms with Crippen molar-refractivity contribution in [3.8, 4) is 0 Å². The molecule has 2 nitrogen and oxygen atoms in total. The summed E-state index contributed by atoms with van der Waals surface area (Å²) < 4.78 is 5.34. The normalized spacial score (nSPS) is 29.4. The molecule has 0 N–H and O–H groups in total. The quantitative estimate of drug-likeness (QED) is 0.559. The van der Waals surface area contributed by atoms with Gasteiger partial charge in [-0.3, -0.25) is 0 Å². The van der Waals surface area contributed by atoms with E-state index in [2.05, 4.69) is 34.7 Å². The lowest BCUT2D eigenvalue weighted by Gasteiger charge is -2.34. The van der Waals surface area contributed by atoms with Gasteiger partial charge in [-0.05, 0) is 32.2 Å². The van der Waals surface area contributed by atoms with Crippen LogP contribution in [-0.4, -0.2) is 42.6 Å². The lowest BCUT2D eigenvalue weighted by atomic mass is 10.00. The number of nitrogens with zero attached hydrogens (tertiary/aromatic N) is 1. The highest BCUT2D eigenvalue weighted by molar-refractivity contribution is 9.09. The Balaban J connectivity index is 2.07. The van der Waals surface area contributed by atoms with Crippen LogP contribution in [0.4, 0.5) is 0 Å². The third kappa shape index (κ3) is 4.28. The first-order valence-corrected chi connectivity index (χ1v) is 6.59. The van der Waals surface area contributed by atoms with Gasteiger partial charge in [0.05, 0.1) is 0 Å². The Hall–Kier alpha value is 0.400. The molecule has 0 spiro atoms. The van der Waals surface area contributed by atoms with E-state index in [-0.39, 0.29) is 0 Å². The number of ether oxygens (including phenoxy) is 1. The third-order valence-electron chi connectivity index (χ3n) is 2.85. The topological polar surface area (TPSA) is 12.5 Å². The Labute approximate surface area is 96.1 Å². The molecule has 1 heterocycles. The van der Waals surface area contributed by atoms with Gasteiger partial charge >= 0.3 is 0 Å².